The Morgan fingerprint density at radius 2 is 0.455 bits per heavy atom. The van der Waals surface area contributed by atoms with E-state index in [0.29, 0.717) is 0 Å². The molecule has 110 heavy (non-hydrogen) atoms. The highest BCUT2D eigenvalue weighted by Gasteiger charge is 2.16. The maximum absolute atomic E-state index is 5.18. The van der Waals surface area contributed by atoms with Crippen LogP contribution in [0.25, 0.3) is 210 Å². The molecule has 8 aromatic heterocycles. The normalized spacial score (nSPS) is 11.5. The molecule has 0 aliphatic rings. The molecule has 0 radical (unpaired) electrons. The fourth-order valence-corrected chi connectivity index (χ4v) is 15.3. The van der Waals surface area contributed by atoms with Crippen LogP contribution < -0.4 is 0 Å². The lowest BCUT2D eigenvalue weighted by Gasteiger charge is -2.12. The third-order valence-corrected chi connectivity index (χ3v) is 21.1. The summed E-state index contributed by atoms with van der Waals surface area (Å²) in [7, 11) is 0. The number of hydrogen-bond donors (Lipinski definition) is 0. The summed E-state index contributed by atoms with van der Waals surface area (Å²) in [6.07, 6.45) is 7.40. The zero-order valence-electron chi connectivity index (χ0n) is 59.5. The monoisotopic (exact) mass is 1400 g/mol. The molecule has 0 aliphatic carbocycles. The SMILES string of the molecule is c1ccc(-c2cc(-c3ccccc3)cc(-c3ccc4cc(-c5ccc6ccc(-c7ccc(-c8ccnc9c8ccc8cccnc89)cc7)nc6c5)ccc4n3)c2)cc1.c1ccc(-c2ccc(-c3ccc4cc(-c5ccc6ccc(-c7ccc(-c8ccnc9c8ccc8cccnc89)cc7)nc6c5)ccc4n3)cc2)cc1. The van der Waals surface area contributed by atoms with E-state index in [1.165, 1.54) is 33.4 Å². The second kappa shape index (κ2) is 27.9. The molecule has 0 spiro atoms. The fourth-order valence-electron chi connectivity index (χ4n) is 15.3. The van der Waals surface area contributed by atoms with Crippen molar-refractivity contribution >= 4 is 87.2 Å². The minimum atomic E-state index is 0.918. The van der Waals surface area contributed by atoms with Gasteiger partial charge in [0, 0.05) is 90.1 Å². The van der Waals surface area contributed by atoms with E-state index >= 15 is 0 Å². The van der Waals surface area contributed by atoms with Crippen LogP contribution in [0.5, 0.6) is 0 Å². The highest BCUT2D eigenvalue weighted by Crippen LogP contribution is 2.39. The summed E-state index contributed by atoms with van der Waals surface area (Å²) >= 11 is 0. The van der Waals surface area contributed by atoms with Gasteiger partial charge >= 0.3 is 0 Å². The van der Waals surface area contributed by atoms with Crippen LogP contribution >= 0.6 is 0 Å². The Balaban J connectivity index is 0.000000145. The van der Waals surface area contributed by atoms with Gasteiger partial charge in [0.15, 0.2) is 0 Å². The van der Waals surface area contributed by atoms with Crippen molar-refractivity contribution in [3.8, 4) is 123 Å². The molecule has 0 fully saturated rings. The van der Waals surface area contributed by atoms with E-state index in [1.54, 1.807) is 0 Å². The molecule has 0 atom stereocenters. The molecule has 8 heterocycles. The lowest BCUT2D eigenvalue weighted by Crippen LogP contribution is -1.90. The molecule has 8 nitrogen and oxygen atoms in total. The maximum Gasteiger partial charge on any atom is 0.0970 e. The van der Waals surface area contributed by atoms with Gasteiger partial charge in [0.1, 0.15) is 0 Å². The van der Waals surface area contributed by atoms with E-state index < -0.39 is 0 Å². The number of hydrogen-bond acceptors (Lipinski definition) is 8. The molecule has 512 valence electrons. The standard InChI is InChI=1S/C54H34N4.C48H30N4/c1-3-8-35(9-4-1)44-31-45(36-10-5-2-6-11-36)33-46(32-44)51-26-22-43-30-41(21-25-50(43)57-51)42-18-17-39-20-24-49(58-52(39)34-42)38-15-13-37(14-16-38)47-27-29-56-54-48(47)23-19-40-12-7-28-55-53(40)54;1-2-5-31(6-3-1)32-8-12-34(13-9-32)43-25-21-40-29-38(20-24-45(40)51-43)39-17-16-36-19-23-44(52-46(36)30-39)35-14-10-33(11-15-35)41-26-28-50-48-42(41)22-18-37-7-4-27-49-47(37)48/h1-34H;1-30H. The molecule has 0 saturated carbocycles. The Bertz CT molecular complexity index is 7060. The maximum atomic E-state index is 5.18. The highest BCUT2D eigenvalue weighted by molar-refractivity contribution is 6.09. The van der Waals surface area contributed by atoms with Crippen LogP contribution in [-0.2, 0) is 0 Å². The highest BCUT2D eigenvalue weighted by atomic mass is 14.7. The number of aromatic nitrogens is 8. The first-order chi connectivity index (χ1) is 54.4. The Labute approximate surface area is 634 Å². The number of rotatable bonds is 11. The third kappa shape index (κ3) is 12.5. The van der Waals surface area contributed by atoms with Crippen molar-refractivity contribution in [2.24, 2.45) is 0 Å². The summed E-state index contributed by atoms with van der Waals surface area (Å²) in [6.45, 7) is 0. The first kappa shape index (κ1) is 64.7. The predicted molar refractivity (Wildman–Crippen MR) is 455 cm³/mol. The fraction of sp³-hybridized carbons (Fsp3) is 0. The van der Waals surface area contributed by atoms with Gasteiger partial charge in [0.05, 0.1) is 66.9 Å². The molecule has 0 N–H and O–H groups in total. The third-order valence-electron chi connectivity index (χ3n) is 21.1. The summed E-state index contributed by atoms with van der Waals surface area (Å²) in [4.78, 5) is 39.1. The molecular weight excluding hydrogens is 1340 g/mol. The van der Waals surface area contributed by atoms with Crippen molar-refractivity contribution in [3.05, 3.63) is 389 Å². The second-order valence-electron chi connectivity index (χ2n) is 27.8. The molecule has 21 aromatic rings. The van der Waals surface area contributed by atoms with Gasteiger partial charge in [-0.05, 0) is 181 Å². The number of benzene rings is 13. The molecular formula is C102H64N8. The van der Waals surface area contributed by atoms with Crippen LogP contribution in [0, 0.1) is 0 Å². The van der Waals surface area contributed by atoms with E-state index in [4.69, 9.17) is 24.9 Å². The lowest BCUT2D eigenvalue weighted by atomic mass is 9.94. The molecule has 0 aliphatic heterocycles. The predicted octanol–water partition coefficient (Wildman–Crippen LogP) is 26.1. The molecule has 0 unspecified atom stereocenters. The van der Waals surface area contributed by atoms with Crippen molar-refractivity contribution in [3.63, 3.8) is 0 Å². The number of nitrogens with zero attached hydrogens (tertiary/aromatic N) is 8. The zero-order valence-corrected chi connectivity index (χ0v) is 59.5. The average molecular weight is 1400 g/mol. The van der Waals surface area contributed by atoms with Crippen LogP contribution in [0.15, 0.2) is 389 Å². The van der Waals surface area contributed by atoms with Crippen LogP contribution in [0.1, 0.15) is 0 Å². The van der Waals surface area contributed by atoms with Gasteiger partial charge in [-0.3, -0.25) is 19.9 Å². The Kier molecular flexibility index (Phi) is 16.4. The van der Waals surface area contributed by atoms with Gasteiger partial charge in [-0.2, -0.15) is 0 Å². The summed E-state index contributed by atoms with van der Waals surface area (Å²) in [5, 5.41) is 8.78. The number of pyridine rings is 8. The second-order valence-corrected chi connectivity index (χ2v) is 27.8. The first-order valence-corrected chi connectivity index (χ1v) is 37.0. The van der Waals surface area contributed by atoms with E-state index in [0.717, 1.165) is 177 Å². The zero-order chi connectivity index (χ0) is 72.9. The van der Waals surface area contributed by atoms with Gasteiger partial charge in [0.25, 0.3) is 0 Å². The molecule has 0 amide bonds. The summed E-state index contributed by atoms with van der Waals surface area (Å²) in [5.74, 6) is 0. The average Bonchev–Trinajstić information content (AvgIpc) is 0.744. The summed E-state index contributed by atoms with van der Waals surface area (Å²) in [6, 6.07) is 128. The van der Waals surface area contributed by atoms with E-state index in [1.807, 2.05) is 43.0 Å². The van der Waals surface area contributed by atoms with E-state index in [2.05, 4.69) is 361 Å². The van der Waals surface area contributed by atoms with Gasteiger partial charge < -0.3 is 0 Å². The largest absolute Gasteiger partial charge is 0.254 e. The Morgan fingerprint density at radius 3 is 0.891 bits per heavy atom. The van der Waals surface area contributed by atoms with Crippen LogP contribution in [-0.4, -0.2) is 39.9 Å². The van der Waals surface area contributed by atoms with Crippen LogP contribution in [0.4, 0.5) is 0 Å². The minimum Gasteiger partial charge on any atom is -0.254 e. The van der Waals surface area contributed by atoms with Gasteiger partial charge in [-0.15, -0.1) is 0 Å². The molecule has 0 saturated heterocycles. The van der Waals surface area contributed by atoms with Gasteiger partial charge in [0.2, 0.25) is 0 Å². The van der Waals surface area contributed by atoms with E-state index in [9.17, 15) is 0 Å². The van der Waals surface area contributed by atoms with E-state index in [-0.39, 0.29) is 0 Å². The van der Waals surface area contributed by atoms with Crippen molar-refractivity contribution in [1.82, 2.24) is 39.9 Å². The van der Waals surface area contributed by atoms with Crippen LogP contribution in [0.3, 0.4) is 0 Å². The Morgan fingerprint density at radius 1 is 0.145 bits per heavy atom. The molecule has 13 aromatic carbocycles. The van der Waals surface area contributed by atoms with Crippen LogP contribution in [0.2, 0.25) is 0 Å². The Hall–Kier alpha value is -14.9. The van der Waals surface area contributed by atoms with Gasteiger partial charge in [-0.25, -0.2) is 19.9 Å². The van der Waals surface area contributed by atoms with Crippen molar-refractivity contribution in [1.29, 1.82) is 0 Å². The number of fused-ring (bicyclic) bond motifs is 10. The topological polar surface area (TPSA) is 103 Å². The molecule has 21 rings (SSSR count). The minimum absolute atomic E-state index is 0.918. The smallest absolute Gasteiger partial charge is 0.0970 e. The van der Waals surface area contributed by atoms with Crippen molar-refractivity contribution in [2.75, 3.05) is 0 Å². The quantitative estimate of drug-likeness (QED) is 0.118. The molecule has 0 bridgehead atoms. The van der Waals surface area contributed by atoms with Crippen molar-refractivity contribution in [2.45, 2.75) is 0 Å². The van der Waals surface area contributed by atoms with Gasteiger partial charge in [-0.1, -0.05) is 261 Å². The first-order valence-electron chi connectivity index (χ1n) is 37.0. The summed E-state index contributed by atoms with van der Waals surface area (Å²) < 4.78 is 0. The summed E-state index contributed by atoms with van der Waals surface area (Å²) in [5.41, 5.74) is 31.9. The molecule has 8 heteroatoms. The van der Waals surface area contributed by atoms with Crippen molar-refractivity contribution < 1.29 is 0 Å². The lowest BCUT2D eigenvalue weighted by molar-refractivity contribution is 1.37.